The van der Waals surface area contributed by atoms with Crippen LogP contribution in [0.1, 0.15) is 4.28 Å². The van der Waals surface area contributed by atoms with Crippen molar-refractivity contribution in [2.75, 3.05) is 0 Å². The van der Waals surface area contributed by atoms with Gasteiger partial charge in [-0.25, -0.2) is 0 Å². The maximum absolute atomic E-state index is 0. The minimum Gasteiger partial charge on any atom is -1.00 e. The first-order valence-electron chi connectivity index (χ1n) is 0. The molecule has 4 heavy (non-hydrogen) atoms. The summed E-state index contributed by atoms with van der Waals surface area (Å²) in [4.78, 5) is 0. The standard InChI is InChI=1S/2ClH.Cs.Mg.3H/h2*1H;;;;;/q;;+1;+2;3*-1. The summed E-state index contributed by atoms with van der Waals surface area (Å²) in [6, 6.07) is 0. The molecule has 0 radical (unpaired) electrons. The molecule has 0 spiro atoms. The first-order chi connectivity index (χ1) is 0. The first kappa shape index (κ1) is 26.2. The van der Waals surface area contributed by atoms with Gasteiger partial charge in [0.15, 0.2) is 0 Å². The van der Waals surface area contributed by atoms with E-state index < -0.39 is 0 Å². The predicted octanol–water partition coefficient (Wildman–Crippen LogP) is -2.20. The van der Waals surface area contributed by atoms with E-state index in [4.69, 9.17) is 0 Å². The average Bonchev–Trinajstić information content (AvgIpc) is 0. The summed E-state index contributed by atoms with van der Waals surface area (Å²) in [5.74, 6) is 0. The van der Waals surface area contributed by atoms with E-state index in [1.807, 2.05) is 0 Å². The van der Waals surface area contributed by atoms with Crippen molar-refractivity contribution >= 4 is 47.9 Å². The molecule has 0 aliphatic rings. The topological polar surface area (TPSA) is 0 Å². The molecule has 0 aromatic carbocycles. The smallest absolute Gasteiger partial charge is 1.00 e. The Morgan fingerprint density at radius 3 is 1.00 bits per heavy atom. The van der Waals surface area contributed by atoms with Crippen molar-refractivity contribution in [3.05, 3.63) is 0 Å². The molecule has 0 heterocycles. The van der Waals surface area contributed by atoms with Gasteiger partial charge in [-0.05, 0) is 0 Å². The quantitative estimate of drug-likeness (QED) is 0.417. The Hall–Kier alpha value is 3.40. The third-order valence-electron chi connectivity index (χ3n) is 0. The van der Waals surface area contributed by atoms with Crippen LogP contribution in [-0.2, 0) is 0 Å². The van der Waals surface area contributed by atoms with Crippen LogP contribution in [0.2, 0.25) is 0 Å². The minimum atomic E-state index is 0. The van der Waals surface area contributed by atoms with Gasteiger partial charge >= 0.3 is 91.9 Å². The van der Waals surface area contributed by atoms with Crippen LogP contribution in [0.3, 0.4) is 0 Å². The Labute approximate surface area is 118 Å². The molecule has 4 heteroatoms. The van der Waals surface area contributed by atoms with Gasteiger partial charge < -0.3 is 4.28 Å². The van der Waals surface area contributed by atoms with Crippen molar-refractivity contribution in [3.63, 3.8) is 0 Å². The van der Waals surface area contributed by atoms with Gasteiger partial charge in [-0.3, -0.25) is 0 Å². The molecule has 0 aromatic rings. The van der Waals surface area contributed by atoms with Crippen molar-refractivity contribution in [2.45, 2.75) is 0 Å². The van der Waals surface area contributed by atoms with E-state index in [0.717, 1.165) is 0 Å². The third-order valence-corrected chi connectivity index (χ3v) is 0. The van der Waals surface area contributed by atoms with E-state index in [1.54, 1.807) is 0 Å². The van der Waals surface area contributed by atoms with E-state index in [-0.39, 0.29) is 121 Å². The van der Waals surface area contributed by atoms with Gasteiger partial charge in [0.1, 0.15) is 0 Å². The molecule has 0 saturated heterocycles. The second kappa shape index (κ2) is 16.1. The van der Waals surface area contributed by atoms with Gasteiger partial charge in [0.25, 0.3) is 0 Å². The molecule has 0 aliphatic carbocycles. The zero-order chi connectivity index (χ0) is 0. The van der Waals surface area contributed by atoms with Crippen LogP contribution in [0, 0.1) is 0 Å². The van der Waals surface area contributed by atoms with Crippen LogP contribution in [0.25, 0.3) is 0 Å². The van der Waals surface area contributed by atoms with Crippen molar-refractivity contribution < 1.29 is 73.2 Å². The largest absolute Gasteiger partial charge is 2.00 e. The molecule has 0 nitrogen and oxygen atoms in total. The number of hydrogen-bond acceptors (Lipinski definition) is 0. The summed E-state index contributed by atoms with van der Waals surface area (Å²) in [6.45, 7) is 0. The molecule has 0 aliphatic heterocycles. The van der Waals surface area contributed by atoms with Crippen molar-refractivity contribution in [2.24, 2.45) is 0 Å². The maximum atomic E-state index is 0. The molecule has 0 atom stereocenters. The van der Waals surface area contributed by atoms with Gasteiger partial charge in [-0.15, -0.1) is 24.8 Å². The normalized spacial score (nSPS) is 0. The summed E-state index contributed by atoms with van der Waals surface area (Å²) < 4.78 is 0. The molecule has 0 bridgehead atoms. The Kier molecular flexibility index (Phi) is 106. The predicted molar refractivity (Wildman–Crippen MR) is 23.6 cm³/mol. The van der Waals surface area contributed by atoms with Crippen molar-refractivity contribution in [3.8, 4) is 0 Å². The molecule has 0 aromatic heterocycles. The summed E-state index contributed by atoms with van der Waals surface area (Å²) >= 11 is 0. The van der Waals surface area contributed by atoms with Crippen LogP contribution in [0.5, 0.6) is 0 Å². The third kappa shape index (κ3) is 9.04. The fourth-order valence-electron chi connectivity index (χ4n) is 0. The fourth-order valence-corrected chi connectivity index (χ4v) is 0. The van der Waals surface area contributed by atoms with Crippen LogP contribution >= 0.6 is 24.8 Å². The summed E-state index contributed by atoms with van der Waals surface area (Å²) in [7, 11) is 0. The van der Waals surface area contributed by atoms with Crippen molar-refractivity contribution in [1.82, 2.24) is 0 Å². The molecule has 0 N–H and O–H groups in total. The van der Waals surface area contributed by atoms with Crippen molar-refractivity contribution in [1.29, 1.82) is 0 Å². The van der Waals surface area contributed by atoms with E-state index in [1.165, 1.54) is 0 Å². The second-order valence-corrected chi connectivity index (χ2v) is 0. The van der Waals surface area contributed by atoms with Gasteiger partial charge in [0.05, 0.1) is 0 Å². The summed E-state index contributed by atoms with van der Waals surface area (Å²) in [5, 5.41) is 0. The van der Waals surface area contributed by atoms with Gasteiger partial charge in [0, 0.05) is 0 Å². The molecule has 0 saturated carbocycles. The van der Waals surface area contributed by atoms with Crippen LogP contribution in [-0.4, -0.2) is 23.1 Å². The minimum absolute atomic E-state index is 0. The monoisotopic (exact) mass is 232 g/mol. The van der Waals surface area contributed by atoms with Gasteiger partial charge in [-0.2, -0.15) is 0 Å². The zero-order valence-corrected chi connectivity index (χ0v) is 11.9. The molecule has 0 amide bonds. The molecule has 0 unspecified atom stereocenters. The van der Waals surface area contributed by atoms with E-state index in [9.17, 15) is 0 Å². The molecule has 22 valence electrons. The van der Waals surface area contributed by atoms with E-state index >= 15 is 0 Å². The van der Waals surface area contributed by atoms with Gasteiger partial charge in [0.2, 0.25) is 0 Å². The molecule has 0 rings (SSSR count). The number of halogens is 2. The number of rotatable bonds is 0. The SMILES string of the molecule is Cl.Cl.[Cs+].[H-].[H-].[H-].[Mg+2]. The summed E-state index contributed by atoms with van der Waals surface area (Å²) in [5.41, 5.74) is 0. The number of hydrogen-bond donors (Lipinski definition) is 0. The fraction of sp³-hybridized carbons (Fsp3) is 0. The van der Waals surface area contributed by atoms with E-state index in [2.05, 4.69) is 0 Å². The van der Waals surface area contributed by atoms with Crippen LogP contribution in [0.15, 0.2) is 0 Å². The summed E-state index contributed by atoms with van der Waals surface area (Å²) in [6.07, 6.45) is 0. The first-order valence-corrected chi connectivity index (χ1v) is 0. The molecule has 0 fully saturated rings. The average molecular weight is 233 g/mol. The Balaban J connectivity index is 0. The Bertz CT molecular complexity index is 12.9. The van der Waals surface area contributed by atoms with Crippen LogP contribution in [0.4, 0.5) is 0 Å². The zero-order valence-electron chi connectivity index (χ0n) is 5.52. The second-order valence-electron chi connectivity index (χ2n) is 0. The molecular weight excluding hydrogens is 228 g/mol. The molecular formula is H5Cl2CsMg. The Morgan fingerprint density at radius 1 is 1.00 bits per heavy atom. The van der Waals surface area contributed by atoms with Crippen LogP contribution < -0.4 is 68.9 Å². The maximum Gasteiger partial charge on any atom is 2.00 e. The van der Waals surface area contributed by atoms with Gasteiger partial charge in [-0.1, -0.05) is 0 Å². The van der Waals surface area contributed by atoms with E-state index in [0.29, 0.717) is 0 Å². The Morgan fingerprint density at radius 2 is 1.00 bits per heavy atom.